The van der Waals surface area contributed by atoms with Gasteiger partial charge in [0.1, 0.15) is 9.84 Å². The van der Waals surface area contributed by atoms with Crippen LogP contribution in [-0.4, -0.2) is 25.8 Å². The van der Waals surface area contributed by atoms with Crippen LogP contribution in [0.2, 0.25) is 0 Å². The molecule has 0 aliphatic heterocycles. The van der Waals surface area contributed by atoms with E-state index in [0.29, 0.717) is 12.3 Å². The molecule has 0 heterocycles. The summed E-state index contributed by atoms with van der Waals surface area (Å²) in [5.41, 5.74) is 0.0883. The first kappa shape index (κ1) is 14.2. The van der Waals surface area contributed by atoms with Crippen molar-refractivity contribution in [2.45, 2.75) is 34.1 Å². The van der Waals surface area contributed by atoms with E-state index in [1.54, 1.807) is 6.92 Å². The zero-order chi connectivity index (χ0) is 11.4. The van der Waals surface area contributed by atoms with Crippen LogP contribution in [0.4, 0.5) is 0 Å². The zero-order valence-corrected chi connectivity index (χ0v) is 11.1. The minimum atomic E-state index is -2.84. The van der Waals surface area contributed by atoms with Crippen molar-refractivity contribution in [1.29, 1.82) is 0 Å². The van der Waals surface area contributed by atoms with Crippen LogP contribution in [0.5, 0.6) is 0 Å². The van der Waals surface area contributed by atoms with Gasteiger partial charge in [0.25, 0.3) is 0 Å². The first-order valence-electron chi connectivity index (χ1n) is 4.99. The van der Waals surface area contributed by atoms with Crippen LogP contribution in [-0.2, 0) is 9.84 Å². The van der Waals surface area contributed by atoms with Crippen molar-refractivity contribution in [3.8, 4) is 0 Å². The second kappa shape index (κ2) is 5.36. The monoisotopic (exact) mass is 240 g/mol. The molecule has 0 aromatic rings. The molecule has 2 nitrogen and oxygen atoms in total. The van der Waals surface area contributed by atoms with Crippen LogP contribution in [0, 0.1) is 11.3 Å². The quantitative estimate of drug-likeness (QED) is 0.693. The second-order valence-corrected chi connectivity index (χ2v) is 7.52. The molecule has 0 radical (unpaired) electrons. The summed E-state index contributed by atoms with van der Waals surface area (Å²) in [4.78, 5) is 0. The maximum absolute atomic E-state index is 11.3. The maximum Gasteiger partial charge on any atom is 0.150 e. The summed E-state index contributed by atoms with van der Waals surface area (Å²) < 4.78 is 22.6. The number of alkyl halides is 1. The van der Waals surface area contributed by atoms with Gasteiger partial charge in [-0.3, -0.25) is 0 Å². The molecule has 0 aromatic heterocycles. The fourth-order valence-corrected chi connectivity index (χ4v) is 2.76. The van der Waals surface area contributed by atoms with Gasteiger partial charge in [0.05, 0.1) is 5.75 Å². The Hall–Kier alpha value is 0.240. The highest BCUT2D eigenvalue weighted by molar-refractivity contribution is 7.91. The lowest BCUT2D eigenvalue weighted by atomic mass is 9.80. The number of hydrogen-bond acceptors (Lipinski definition) is 2. The Morgan fingerprint density at radius 2 is 1.79 bits per heavy atom. The minimum Gasteiger partial charge on any atom is -0.229 e. The molecule has 86 valence electrons. The predicted molar refractivity (Wildman–Crippen MR) is 62.6 cm³/mol. The third-order valence-corrected chi connectivity index (χ3v) is 4.74. The lowest BCUT2D eigenvalue weighted by Gasteiger charge is -2.28. The van der Waals surface area contributed by atoms with Gasteiger partial charge >= 0.3 is 0 Å². The molecule has 4 heteroatoms. The van der Waals surface area contributed by atoms with Crippen LogP contribution >= 0.6 is 11.6 Å². The maximum atomic E-state index is 11.3. The number of hydrogen-bond donors (Lipinski definition) is 0. The molecule has 1 atom stereocenters. The van der Waals surface area contributed by atoms with Crippen molar-refractivity contribution in [1.82, 2.24) is 0 Å². The Labute approximate surface area is 93.0 Å². The summed E-state index contributed by atoms with van der Waals surface area (Å²) in [6, 6.07) is 0. The lowest BCUT2D eigenvalue weighted by Crippen LogP contribution is -2.25. The molecule has 0 saturated carbocycles. The number of sulfone groups is 1. The molecule has 14 heavy (non-hydrogen) atoms. The molecule has 0 fully saturated rings. The van der Waals surface area contributed by atoms with Gasteiger partial charge in [-0.1, -0.05) is 27.7 Å². The van der Waals surface area contributed by atoms with Gasteiger partial charge in [0.15, 0.2) is 0 Å². The van der Waals surface area contributed by atoms with E-state index in [1.807, 2.05) is 0 Å². The summed E-state index contributed by atoms with van der Waals surface area (Å²) in [5, 5.41) is 0. The molecule has 0 aromatic carbocycles. The van der Waals surface area contributed by atoms with E-state index in [1.165, 1.54) is 0 Å². The third-order valence-electron chi connectivity index (χ3n) is 2.63. The van der Waals surface area contributed by atoms with Crippen LogP contribution in [0.1, 0.15) is 34.1 Å². The fraction of sp³-hybridized carbons (Fsp3) is 1.00. The Bertz CT molecular complexity index is 252. The van der Waals surface area contributed by atoms with Gasteiger partial charge in [-0.25, -0.2) is 8.42 Å². The van der Waals surface area contributed by atoms with E-state index in [2.05, 4.69) is 20.8 Å². The third kappa shape index (κ3) is 5.20. The summed E-state index contributed by atoms with van der Waals surface area (Å²) in [5.74, 6) is 1.29. The molecular weight excluding hydrogens is 220 g/mol. The smallest absolute Gasteiger partial charge is 0.150 e. The van der Waals surface area contributed by atoms with Crippen LogP contribution in [0.15, 0.2) is 0 Å². The summed E-state index contributed by atoms with van der Waals surface area (Å²) in [6.07, 6.45) is 0.670. The first-order chi connectivity index (χ1) is 6.23. The van der Waals surface area contributed by atoms with Crippen molar-refractivity contribution in [3.63, 3.8) is 0 Å². The van der Waals surface area contributed by atoms with Crippen LogP contribution in [0.25, 0.3) is 0 Å². The van der Waals surface area contributed by atoms with Gasteiger partial charge in [-0.05, 0) is 17.8 Å². The fourth-order valence-electron chi connectivity index (χ4n) is 1.21. The molecule has 0 bridgehead atoms. The highest BCUT2D eigenvalue weighted by Crippen LogP contribution is 2.30. The van der Waals surface area contributed by atoms with Crippen molar-refractivity contribution in [2.75, 3.05) is 17.4 Å². The molecule has 0 N–H and O–H groups in total. The van der Waals surface area contributed by atoms with Crippen molar-refractivity contribution in [2.24, 2.45) is 11.3 Å². The van der Waals surface area contributed by atoms with Gasteiger partial charge in [-0.15, -0.1) is 11.6 Å². The molecule has 0 spiro atoms. The van der Waals surface area contributed by atoms with Gasteiger partial charge in [0.2, 0.25) is 0 Å². The molecular formula is C10H21ClO2S. The molecule has 0 saturated heterocycles. The van der Waals surface area contributed by atoms with Crippen LogP contribution in [0.3, 0.4) is 0 Å². The standard InChI is InChI=1S/C10H21ClO2S/c1-5-14(12,13)7-6-9(8-11)10(2,3)4/h9H,5-8H2,1-4H3. The first-order valence-corrected chi connectivity index (χ1v) is 7.35. The van der Waals surface area contributed by atoms with Crippen molar-refractivity contribution >= 4 is 21.4 Å². The Morgan fingerprint density at radius 3 is 2.07 bits per heavy atom. The predicted octanol–water partition coefficient (Wildman–Crippen LogP) is 2.71. The summed E-state index contributed by atoms with van der Waals surface area (Å²) in [7, 11) is -2.84. The number of rotatable bonds is 5. The van der Waals surface area contributed by atoms with Gasteiger partial charge in [0, 0.05) is 11.6 Å². The summed E-state index contributed by atoms with van der Waals surface area (Å²) in [6.45, 7) is 7.97. The molecule has 1 unspecified atom stereocenters. The van der Waals surface area contributed by atoms with E-state index in [0.717, 1.165) is 0 Å². The topological polar surface area (TPSA) is 34.1 Å². The second-order valence-electron chi connectivity index (χ2n) is 4.74. The Kier molecular flexibility index (Phi) is 5.45. The van der Waals surface area contributed by atoms with Crippen molar-refractivity contribution in [3.05, 3.63) is 0 Å². The minimum absolute atomic E-state index is 0.0883. The largest absolute Gasteiger partial charge is 0.229 e. The Balaban J connectivity index is 4.24. The summed E-state index contributed by atoms with van der Waals surface area (Å²) >= 11 is 5.83. The Morgan fingerprint density at radius 1 is 1.29 bits per heavy atom. The molecule has 0 amide bonds. The zero-order valence-electron chi connectivity index (χ0n) is 9.51. The normalized spacial score (nSPS) is 15.5. The van der Waals surface area contributed by atoms with E-state index in [4.69, 9.17) is 11.6 Å². The highest BCUT2D eigenvalue weighted by atomic mass is 35.5. The highest BCUT2D eigenvalue weighted by Gasteiger charge is 2.25. The van der Waals surface area contributed by atoms with E-state index < -0.39 is 9.84 Å². The van der Waals surface area contributed by atoms with Gasteiger partial charge < -0.3 is 0 Å². The van der Waals surface area contributed by atoms with Gasteiger partial charge in [-0.2, -0.15) is 0 Å². The molecule has 0 aliphatic rings. The average Bonchev–Trinajstić information content (AvgIpc) is 2.03. The van der Waals surface area contributed by atoms with Crippen molar-refractivity contribution < 1.29 is 8.42 Å². The molecule has 0 aliphatic carbocycles. The van der Waals surface area contributed by atoms with E-state index in [9.17, 15) is 8.42 Å². The molecule has 0 rings (SSSR count). The number of halogens is 1. The average molecular weight is 241 g/mol. The SMILES string of the molecule is CCS(=O)(=O)CCC(CCl)C(C)(C)C. The lowest BCUT2D eigenvalue weighted by molar-refractivity contribution is 0.259. The van der Waals surface area contributed by atoms with E-state index >= 15 is 0 Å². The van der Waals surface area contributed by atoms with Crippen LogP contribution < -0.4 is 0 Å². The van der Waals surface area contributed by atoms with E-state index in [-0.39, 0.29) is 22.8 Å².